The Kier molecular flexibility index (Phi) is 4.27. The lowest BCUT2D eigenvalue weighted by Crippen LogP contribution is -2.26. The van der Waals surface area contributed by atoms with Gasteiger partial charge in [0.05, 0.1) is 17.8 Å². The van der Waals surface area contributed by atoms with Crippen LogP contribution in [-0.2, 0) is 6.54 Å². The number of halogens is 1. The number of aromatic nitrogens is 2. The van der Waals surface area contributed by atoms with Crippen LogP contribution in [0.15, 0.2) is 41.1 Å². The van der Waals surface area contributed by atoms with E-state index in [9.17, 15) is 4.79 Å². The maximum atomic E-state index is 12.2. The topological polar surface area (TPSA) is 46.1 Å². The van der Waals surface area contributed by atoms with Crippen LogP contribution in [0.4, 0.5) is 0 Å². The smallest absolute Gasteiger partial charge is 0.255 e. The summed E-state index contributed by atoms with van der Waals surface area (Å²) in [6.07, 6.45) is 3.21. The van der Waals surface area contributed by atoms with Gasteiger partial charge in [-0.15, -0.1) is 0 Å². The monoisotopic (exact) mass is 319 g/mol. The number of hydrogen-bond donors (Lipinski definition) is 0. The molecule has 0 N–H and O–H groups in total. The van der Waals surface area contributed by atoms with Gasteiger partial charge >= 0.3 is 0 Å². The molecule has 0 fully saturated rings. The number of aryl methyl sites for hydroxylation is 1. The van der Waals surface area contributed by atoms with Crippen LogP contribution in [-0.4, -0.2) is 27.8 Å². The molecule has 0 bridgehead atoms. The number of hydrogen-bond acceptors (Lipinski definition) is 3. The maximum absolute atomic E-state index is 12.2. The van der Waals surface area contributed by atoms with Gasteiger partial charge < -0.3 is 4.90 Å². The first-order chi connectivity index (χ1) is 9.06. The predicted molar refractivity (Wildman–Crippen MR) is 76.7 cm³/mol. The molecule has 0 aliphatic carbocycles. The Bertz CT molecular complexity index is 601. The highest BCUT2D eigenvalue weighted by Gasteiger charge is 2.13. The Labute approximate surface area is 120 Å². The molecule has 0 aliphatic rings. The molecule has 1 amide bonds. The van der Waals surface area contributed by atoms with Crippen molar-refractivity contribution < 1.29 is 4.79 Å². The summed E-state index contributed by atoms with van der Waals surface area (Å²) < 4.78 is 0.792. The summed E-state index contributed by atoms with van der Waals surface area (Å²) in [5, 5.41) is 0. The first-order valence-corrected chi connectivity index (χ1v) is 6.64. The van der Waals surface area contributed by atoms with Crippen molar-refractivity contribution in [2.75, 3.05) is 7.05 Å². The zero-order valence-corrected chi connectivity index (χ0v) is 12.4. The zero-order chi connectivity index (χ0) is 13.8. The van der Waals surface area contributed by atoms with Gasteiger partial charge in [-0.2, -0.15) is 0 Å². The summed E-state index contributed by atoms with van der Waals surface area (Å²) >= 11 is 3.31. The number of carbonyl (C=O) groups excluding carboxylic acids is 1. The number of amides is 1. The molecule has 0 saturated heterocycles. The highest BCUT2D eigenvalue weighted by atomic mass is 79.9. The molecule has 0 radical (unpaired) electrons. The molecule has 2 rings (SSSR count). The van der Waals surface area contributed by atoms with Crippen molar-refractivity contribution in [2.45, 2.75) is 13.5 Å². The standard InChI is InChI=1S/C14H14BrN3O/c1-10-4-3-5-13(17-10)9-18(2)14(19)11-6-12(15)8-16-7-11/h3-8H,9H2,1-2H3. The lowest BCUT2D eigenvalue weighted by Gasteiger charge is -2.16. The van der Waals surface area contributed by atoms with Gasteiger partial charge in [-0.05, 0) is 41.1 Å². The van der Waals surface area contributed by atoms with Crippen LogP contribution in [0.5, 0.6) is 0 Å². The highest BCUT2D eigenvalue weighted by molar-refractivity contribution is 9.10. The van der Waals surface area contributed by atoms with Gasteiger partial charge in [-0.1, -0.05) is 6.07 Å². The second kappa shape index (κ2) is 5.93. The van der Waals surface area contributed by atoms with Gasteiger partial charge in [0.1, 0.15) is 0 Å². The molecule has 0 unspecified atom stereocenters. The minimum absolute atomic E-state index is 0.0721. The van der Waals surface area contributed by atoms with Crippen LogP contribution < -0.4 is 0 Å². The second-order valence-corrected chi connectivity index (χ2v) is 5.24. The van der Waals surface area contributed by atoms with E-state index in [2.05, 4.69) is 25.9 Å². The molecule has 0 atom stereocenters. The van der Waals surface area contributed by atoms with E-state index in [4.69, 9.17) is 0 Å². The normalized spacial score (nSPS) is 10.3. The summed E-state index contributed by atoms with van der Waals surface area (Å²) in [4.78, 5) is 22.2. The van der Waals surface area contributed by atoms with Gasteiger partial charge in [0.15, 0.2) is 0 Å². The van der Waals surface area contributed by atoms with Gasteiger partial charge in [0.2, 0.25) is 0 Å². The first kappa shape index (κ1) is 13.7. The number of rotatable bonds is 3. The number of pyridine rings is 2. The van der Waals surface area contributed by atoms with E-state index in [1.165, 1.54) is 0 Å². The van der Waals surface area contributed by atoms with Crippen LogP contribution >= 0.6 is 15.9 Å². The summed E-state index contributed by atoms with van der Waals surface area (Å²) in [5.74, 6) is -0.0721. The van der Waals surface area contributed by atoms with E-state index in [1.807, 2.05) is 25.1 Å². The Hall–Kier alpha value is -1.75. The zero-order valence-electron chi connectivity index (χ0n) is 10.8. The third-order valence-electron chi connectivity index (χ3n) is 2.64. The van der Waals surface area contributed by atoms with E-state index in [-0.39, 0.29) is 5.91 Å². The molecule has 4 nitrogen and oxygen atoms in total. The predicted octanol–water partition coefficient (Wildman–Crippen LogP) is 2.82. The van der Waals surface area contributed by atoms with Crippen molar-refractivity contribution in [3.63, 3.8) is 0 Å². The van der Waals surface area contributed by atoms with E-state index < -0.39 is 0 Å². The molecule has 19 heavy (non-hydrogen) atoms. The van der Waals surface area contributed by atoms with Crippen LogP contribution in [0.25, 0.3) is 0 Å². The van der Waals surface area contributed by atoms with E-state index >= 15 is 0 Å². The van der Waals surface area contributed by atoms with E-state index in [1.54, 1.807) is 30.4 Å². The average molecular weight is 320 g/mol. The molecule has 0 saturated carbocycles. The van der Waals surface area contributed by atoms with Crippen molar-refractivity contribution >= 4 is 21.8 Å². The first-order valence-electron chi connectivity index (χ1n) is 5.85. The molecule has 2 aromatic rings. The van der Waals surface area contributed by atoms with Crippen molar-refractivity contribution in [3.05, 3.63) is 58.1 Å². The lowest BCUT2D eigenvalue weighted by atomic mass is 10.2. The van der Waals surface area contributed by atoms with Crippen LogP contribution in [0, 0.1) is 6.92 Å². The SMILES string of the molecule is Cc1cccc(CN(C)C(=O)c2cncc(Br)c2)n1. The second-order valence-electron chi connectivity index (χ2n) is 4.32. The van der Waals surface area contributed by atoms with Crippen LogP contribution in [0.3, 0.4) is 0 Å². The summed E-state index contributed by atoms with van der Waals surface area (Å²) in [6, 6.07) is 7.55. The molecule has 0 aliphatic heterocycles. The molecular formula is C14H14BrN3O. The third-order valence-corrected chi connectivity index (χ3v) is 3.08. The van der Waals surface area contributed by atoms with Crippen molar-refractivity contribution in [1.29, 1.82) is 0 Å². The quantitative estimate of drug-likeness (QED) is 0.874. The minimum atomic E-state index is -0.0721. The van der Waals surface area contributed by atoms with E-state index in [0.717, 1.165) is 15.9 Å². The Balaban J connectivity index is 2.12. The molecule has 2 aromatic heterocycles. The summed E-state index contributed by atoms with van der Waals surface area (Å²) in [7, 11) is 1.76. The fraction of sp³-hybridized carbons (Fsp3) is 0.214. The fourth-order valence-electron chi connectivity index (χ4n) is 1.75. The van der Waals surface area contributed by atoms with Crippen LogP contribution in [0.2, 0.25) is 0 Å². The Morgan fingerprint density at radius 2 is 2.16 bits per heavy atom. The minimum Gasteiger partial charge on any atom is -0.336 e. The molecule has 0 spiro atoms. The number of carbonyl (C=O) groups is 1. The average Bonchev–Trinajstić information content (AvgIpc) is 2.38. The number of nitrogens with zero attached hydrogens (tertiary/aromatic N) is 3. The van der Waals surface area contributed by atoms with Crippen LogP contribution in [0.1, 0.15) is 21.7 Å². The summed E-state index contributed by atoms with van der Waals surface area (Å²) in [6.45, 7) is 2.41. The van der Waals surface area contributed by atoms with Crippen molar-refractivity contribution in [2.24, 2.45) is 0 Å². The van der Waals surface area contributed by atoms with Gasteiger partial charge in [0, 0.05) is 29.6 Å². The maximum Gasteiger partial charge on any atom is 0.255 e. The third kappa shape index (κ3) is 3.61. The molecule has 5 heteroatoms. The molecule has 98 valence electrons. The molecule has 2 heterocycles. The largest absolute Gasteiger partial charge is 0.336 e. The van der Waals surface area contributed by atoms with Gasteiger partial charge in [0.25, 0.3) is 5.91 Å². The van der Waals surface area contributed by atoms with Crippen molar-refractivity contribution in [3.8, 4) is 0 Å². The van der Waals surface area contributed by atoms with E-state index in [0.29, 0.717) is 12.1 Å². The highest BCUT2D eigenvalue weighted by Crippen LogP contribution is 2.12. The fourth-order valence-corrected chi connectivity index (χ4v) is 2.12. The van der Waals surface area contributed by atoms with Gasteiger partial charge in [-0.3, -0.25) is 14.8 Å². The molecular weight excluding hydrogens is 306 g/mol. The molecule has 0 aromatic carbocycles. The Morgan fingerprint density at radius 1 is 1.37 bits per heavy atom. The Morgan fingerprint density at radius 3 is 2.84 bits per heavy atom. The van der Waals surface area contributed by atoms with Crippen molar-refractivity contribution in [1.82, 2.24) is 14.9 Å². The summed E-state index contributed by atoms with van der Waals surface area (Å²) in [5.41, 5.74) is 2.38. The lowest BCUT2D eigenvalue weighted by molar-refractivity contribution is 0.0783. The van der Waals surface area contributed by atoms with Gasteiger partial charge in [-0.25, -0.2) is 0 Å².